The van der Waals surface area contributed by atoms with Crippen LogP contribution in [0.2, 0.25) is 0 Å². The normalized spacial score (nSPS) is 28.9. The van der Waals surface area contributed by atoms with Crippen LogP contribution in [0.5, 0.6) is 0 Å². The van der Waals surface area contributed by atoms with E-state index in [1.165, 1.54) is 5.56 Å². The molecule has 3 amide bonds. The fourth-order valence-electron chi connectivity index (χ4n) is 5.72. The highest BCUT2D eigenvalue weighted by Gasteiger charge is 2.54. The molecule has 1 unspecified atom stereocenters. The van der Waals surface area contributed by atoms with Crippen molar-refractivity contribution in [3.8, 4) is 0 Å². The van der Waals surface area contributed by atoms with E-state index in [0.717, 1.165) is 43.7 Å². The summed E-state index contributed by atoms with van der Waals surface area (Å²) in [6, 6.07) is 8.11. The van der Waals surface area contributed by atoms with E-state index in [0.29, 0.717) is 24.4 Å². The number of amides is 3. The van der Waals surface area contributed by atoms with E-state index in [1.807, 2.05) is 21.9 Å². The number of hydrogen-bond donors (Lipinski definition) is 1. The predicted molar refractivity (Wildman–Crippen MR) is 112 cm³/mol. The number of likely N-dealkylation sites (tertiary alicyclic amines) is 2. The molecule has 3 saturated heterocycles. The van der Waals surface area contributed by atoms with Crippen molar-refractivity contribution >= 4 is 22.7 Å². The van der Waals surface area contributed by atoms with Crippen LogP contribution >= 0.6 is 0 Å². The van der Waals surface area contributed by atoms with Crippen LogP contribution in [0.1, 0.15) is 24.8 Å². The molecule has 4 fully saturated rings. The highest BCUT2D eigenvalue weighted by molar-refractivity contribution is 7.84. The lowest BCUT2D eigenvalue weighted by atomic mass is 9.56. The summed E-state index contributed by atoms with van der Waals surface area (Å²) < 4.78 is 17.3. The average molecular weight is 432 g/mol. The standard InChI is InChI=1S/C22H29N3O4S/c1-30(28)17-4-2-3-15(8-17)7-16-9-22(10-16)13-25(14-22)21(27)24-6-5-19-18(11-24)23-20(26)12-29-19/h2-4,8,16,18-19H,5-7,9-14H2,1H3,(H,23,26)/t18-,19+,30?/m1/s1. The van der Waals surface area contributed by atoms with Crippen molar-refractivity contribution in [1.82, 2.24) is 15.1 Å². The van der Waals surface area contributed by atoms with Gasteiger partial charge in [-0.2, -0.15) is 0 Å². The zero-order valence-electron chi connectivity index (χ0n) is 17.3. The van der Waals surface area contributed by atoms with Crippen molar-refractivity contribution in [2.24, 2.45) is 11.3 Å². The molecule has 3 atom stereocenters. The number of urea groups is 1. The smallest absolute Gasteiger partial charge is 0.320 e. The molecule has 1 spiro atoms. The Morgan fingerprint density at radius 3 is 2.87 bits per heavy atom. The van der Waals surface area contributed by atoms with Crippen LogP contribution in [0.4, 0.5) is 4.79 Å². The van der Waals surface area contributed by atoms with Gasteiger partial charge in [-0.05, 0) is 49.3 Å². The van der Waals surface area contributed by atoms with Crippen molar-refractivity contribution in [3.63, 3.8) is 0 Å². The summed E-state index contributed by atoms with van der Waals surface area (Å²) in [4.78, 5) is 29.2. The van der Waals surface area contributed by atoms with Crippen LogP contribution in [0.3, 0.4) is 0 Å². The predicted octanol–water partition coefficient (Wildman–Crippen LogP) is 1.39. The molecule has 5 rings (SSSR count). The molecule has 0 radical (unpaired) electrons. The van der Waals surface area contributed by atoms with Gasteiger partial charge in [0.1, 0.15) is 6.61 Å². The fourth-order valence-corrected chi connectivity index (χ4v) is 6.31. The van der Waals surface area contributed by atoms with Gasteiger partial charge in [0, 0.05) is 53.5 Å². The van der Waals surface area contributed by atoms with Gasteiger partial charge in [0.2, 0.25) is 5.91 Å². The number of carbonyl (C=O) groups is 2. The highest BCUT2D eigenvalue weighted by atomic mass is 32.2. The number of ether oxygens (including phenoxy) is 1. The van der Waals surface area contributed by atoms with E-state index in [4.69, 9.17) is 4.74 Å². The van der Waals surface area contributed by atoms with Gasteiger partial charge in [-0.25, -0.2) is 4.79 Å². The van der Waals surface area contributed by atoms with Gasteiger partial charge in [-0.1, -0.05) is 12.1 Å². The van der Waals surface area contributed by atoms with Crippen molar-refractivity contribution in [2.75, 3.05) is 39.0 Å². The molecule has 0 aromatic heterocycles. The first-order chi connectivity index (χ1) is 14.4. The minimum atomic E-state index is -0.941. The number of nitrogens with zero attached hydrogens (tertiary/aromatic N) is 2. The zero-order chi connectivity index (χ0) is 20.9. The molecule has 162 valence electrons. The molecule has 1 aromatic rings. The molecule has 0 bridgehead atoms. The van der Waals surface area contributed by atoms with E-state index >= 15 is 0 Å². The van der Waals surface area contributed by atoms with Crippen LogP contribution < -0.4 is 5.32 Å². The third-order valence-corrected chi connectivity index (χ3v) is 8.03. The summed E-state index contributed by atoms with van der Waals surface area (Å²) in [6.07, 6.45) is 5.87. The molecule has 1 saturated carbocycles. The third-order valence-electron chi connectivity index (χ3n) is 7.12. The number of piperidine rings is 1. The van der Waals surface area contributed by atoms with Gasteiger partial charge >= 0.3 is 6.03 Å². The molecule has 1 aromatic carbocycles. The molecule has 4 aliphatic rings. The SMILES string of the molecule is CS(=O)c1cccc(CC2CC3(C2)CN(C(=O)N2CC[C@@H]4OCC(=O)N[C@@H]4C2)C3)c1. The Labute approximate surface area is 179 Å². The maximum Gasteiger partial charge on any atom is 0.320 e. The minimum absolute atomic E-state index is 0.0329. The Hall–Kier alpha value is -1.93. The maximum absolute atomic E-state index is 12.9. The number of carbonyl (C=O) groups excluding carboxylic acids is 2. The van der Waals surface area contributed by atoms with Crippen LogP contribution in [0, 0.1) is 11.3 Å². The first kappa shape index (κ1) is 20.0. The first-order valence-corrected chi connectivity index (χ1v) is 12.3. The molecule has 3 aliphatic heterocycles. The average Bonchev–Trinajstić information content (AvgIpc) is 2.68. The van der Waals surface area contributed by atoms with Crippen molar-refractivity contribution in [3.05, 3.63) is 29.8 Å². The lowest BCUT2D eigenvalue weighted by molar-refractivity contribution is -0.140. The van der Waals surface area contributed by atoms with E-state index in [2.05, 4.69) is 17.4 Å². The van der Waals surface area contributed by atoms with E-state index in [-0.39, 0.29) is 30.7 Å². The van der Waals surface area contributed by atoms with Gasteiger partial charge in [0.05, 0.1) is 12.1 Å². The number of fused-ring (bicyclic) bond motifs is 1. The summed E-state index contributed by atoms with van der Waals surface area (Å²) in [5, 5.41) is 2.96. The Bertz CT molecular complexity index is 877. The number of nitrogens with one attached hydrogen (secondary N) is 1. The molecule has 3 heterocycles. The summed E-state index contributed by atoms with van der Waals surface area (Å²) in [5.41, 5.74) is 1.56. The monoisotopic (exact) mass is 431 g/mol. The quantitative estimate of drug-likeness (QED) is 0.785. The molecular weight excluding hydrogens is 402 g/mol. The number of benzene rings is 1. The Morgan fingerprint density at radius 2 is 2.10 bits per heavy atom. The Morgan fingerprint density at radius 1 is 1.30 bits per heavy atom. The van der Waals surface area contributed by atoms with Crippen molar-refractivity contribution < 1.29 is 18.5 Å². The van der Waals surface area contributed by atoms with E-state index < -0.39 is 10.8 Å². The zero-order valence-corrected chi connectivity index (χ0v) is 18.2. The molecule has 1 aliphatic carbocycles. The summed E-state index contributed by atoms with van der Waals surface area (Å²) in [5.74, 6) is 0.554. The maximum atomic E-state index is 12.9. The first-order valence-electron chi connectivity index (χ1n) is 10.8. The molecule has 30 heavy (non-hydrogen) atoms. The van der Waals surface area contributed by atoms with Crippen LogP contribution in [0.25, 0.3) is 0 Å². The molecule has 7 nitrogen and oxygen atoms in total. The minimum Gasteiger partial charge on any atom is -0.366 e. The number of morpholine rings is 1. The number of rotatable bonds is 3. The highest BCUT2D eigenvalue weighted by Crippen LogP contribution is 2.53. The lowest BCUT2D eigenvalue weighted by Crippen LogP contribution is -2.68. The molecular formula is C22H29N3O4S. The van der Waals surface area contributed by atoms with Crippen molar-refractivity contribution in [1.29, 1.82) is 0 Å². The second-order valence-electron chi connectivity index (χ2n) is 9.48. The van der Waals surface area contributed by atoms with Gasteiger partial charge in [-0.15, -0.1) is 0 Å². The fraction of sp³-hybridized carbons (Fsp3) is 0.636. The second-order valence-corrected chi connectivity index (χ2v) is 10.9. The largest absolute Gasteiger partial charge is 0.366 e. The van der Waals surface area contributed by atoms with Crippen LogP contribution in [-0.4, -0.2) is 77.1 Å². The lowest BCUT2D eigenvalue weighted by Gasteiger charge is -2.60. The van der Waals surface area contributed by atoms with Crippen molar-refractivity contribution in [2.45, 2.75) is 42.7 Å². The third kappa shape index (κ3) is 3.75. The summed E-state index contributed by atoms with van der Waals surface area (Å²) >= 11 is 0. The van der Waals surface area contributed by atoms with E-state index in [1.54, 1.807) is 6.26 Å². The van der Waals surface area contributed by atoms with Crippen LogP contribution in [-0.2, 0) is 26.8 Å². The Kier molecular flexibility index (Phi) is 5.09. The summed E-state index contributed by atoms with van der Waals surface area (Å²) in [7, 11) is -0.941. The van der Waals surface area contributed by atoms with E-state index in [9.17, 15) is 13.8 Å². The second kappa shape index (κ2) is 7.64. The molecule has 1 N–H and O–H groups in total. The number of hydrogen-bond acceptors (Lipinski definition) is 4. The van der Waals surface area contributed by atoms with Gasteiger partial charge in [0.15, 0.2) is 0 Å². The van der Waals surface area contributed by atoms with Gasteiger partial charge < -0.3 is 19.9 Å². The topological polar surface area (TPSA) is 79.0 Å². The van der Waals surface area contributed by atoms with Gasteiger partial charge in [0.25, 0.3) is 0 Å². The molecule has 8 heteroatoms. The Balaban J connectivity index is 1.10. The summed E-state index contributed by atoms with van der Waals surface area (Å²) in [6.45, 7) is 3.04. The van der Waals surface area contributed by atoms with Gasteiger partial charge in [-0.3, -0.25) is 9.00 Å². The van der Waals surface area contributed by atoms with Crippen LogP contribution in [0.15, 0.2) is 29.2 Å².